The second-order valence-electron chi connectivity index (χ2n) is 6.83. The maximum atomic E-state index is 4.69. The predicted molar refractivity (Wildman–Crippen MR) is 103 cm³/mol. The van der Waals surface area contributed by atoms with Gasteiger partial charge in [-0.05, 0) is 19.1 Å². The molecule has 0 amide bonds. The van der Waals surface area contributed by atoms with E-state index in [0.29, 0.717) is 11.0 Å². The van der Waals surface area contributed by atoms with E-state index in [4.69, 9.17) is 4.98 Å². The van der Waals surface area contributed by atoms with Crippen LogP contribution >= 0.6 is 23.3 Å². The third-order valence-electron chi connectivity index (χ3n) is 4.66. The number of rotatable bonds is 5. The zero-order chi connectivity index (χ0) is 18.1. The largest absolute Gasteiger partial charge is 0.278 e. The maximum absolute atomic E-state index is 4.69. The van der Waals surface area contributed by atoms with Crippen molar-refractivity contribution in [1.82, 2.24) is 29.2 Å². The van der Waals surface area contributed by atoms with Gasteiger partial charge in [-0.1, -0.05) is 44.9 Å². The summed E-state index contributed by atoms with van der Waals surface area (Å²) in [5.74, 6) is 1.53. The van der Waals surface area contributed by atoms with Crippen molar-refractivity contribution >= 4 is 39.8 Å². The number of azo groups is 1. The van der Waals surface area contributed by atoms with Crippen molar-refractivity contribution < 1.29 is 0 Å². The fourth-order valence-corrected chi connectivity index (χ4v) is 4.34. The molecule has 4 rings (SSSR count). The van der Waals surface area contributed by atoms with Crippen molar-refractivity contribution in [3.8, 4) is 0 Å². The highest BCUT2D eigenvalue weighted by Crippen LogP contribution is 2.39. The molecule has 0 unspecified atom stereocenters. The van der Waals surface area contributed by atoms with Crippen molar-refractivity contribution in [2.75, 3.05) is 6.26 Å². The predicted octanol–water partition coefficient (Wildman–Crippen LogP) is 5.22. The van der Waals surface area contributed by atoms with Crippen molar-refractivity contribution in [3.05, 3.63) is 11.5 Å². The molecule has 138 valence electrons. The monoisotopic (exact) mass is 390 g/mol. The number of nitrogens with one attached hydrogen (secondary N) is 1. The van der Waals surface area contributed by atoms with Gasteiger partial charge in [-0.2, -0.15) is 14.0 Å². The van der Waals surface area contributed by atoms with E-state index >= 15 is 0 Å². The van der Waals surface area contributed by atoms with Crippen molar-refractivity contribution in [1.29, 1.82) is 0 Å². The fourth-order valence-electron chi connectivity index (χ4n) is 3.28. The maximum Gasteiger partial charge on any atom is 0.250 e. The van der Waals surface area contributed by atoms with Gasteiger partial charge >= 0.3 is 0 Å². The Morgan fingerprint density at radius 2 is 2.00 bits per heavy atom. The lowest BCUT2D eigenvalue weighted by molar-refractivity contribution is 0.434. The molecule has 0 saturated heterocycles. The van der Waals surface area contributed by atoms with Crippen LogP contribution in [0.5, 0.6) is 0 Å². The van der Waals surface area contributed by atoms with Crippen LogP contribution in [0, 0.1) is 0 Å². The normalized spacial score (nSPS) is 16.5. The van der Waals surface area contributed by atoms with Crippen molar-refractivity contribution in [2.24, 2.45) is 10.2 Å². The van der Waals surface area contributed by atoms with Crippen molar-refractivity contribution in [3.63, 3.8) is 0 Å². The molecule has 10 heteroatoms. The number of nitrogens with zero attached hydrogens (tertiary/aromatic N) is 7. The molecule has 0 spiro atoms. The lowest BCUT2D eigenvalue weighted by Gasteiger charge is -2.20. The smallest absolute Gasteiger partial charge is 0.250 e. The standard InChI is InChI=1S/C16H22N8S2/c1-9(2)13-17-14-12(19-20-15-18-16(25-3)23-26-15)11(21-24(14)22-13)10-7-5-4-6-8-10/h9-10,21H,4-8H2,1-3H3. The molecule has 26 heavy (non-hydrogen) atoms. The van der Waals surface area contributed by atoms with Gasteiger partial charge in [-0.3, -0.25) is 5.10 Å². The van der Waals surface area contributed by atoms with Gasteiger partial charge < -0.3 is 0 Å². The average molecular weight is 391 g/mol. The summed E-state index contributed by atoms with van der Waals surface area (Å²) < 4.78 is 5.99. The Hall–Kier alpha value is -1.81. The first-order valence-electron chi connectivity index (χ1n) is 8.93. The second kappa shape index (κ2) is 7.43. The quantitative estimate of drug-likeness (QED) is 0.476. The Kier molecular flexibility index (Phi) is 5.03. The summed E-state index contributed by atoms with van der Waals surface area (Å²) in [6.07, 6.45) is 8.09. The first-order chi connectivity index (χ1) is 12.7. The van der Waals surface area contributed by atoms with Gasteiger partial charge in [0.1, 0.15) is 0 Å². The molecule has 1 fully saturated rings. The molecule has 1 aliphatic carbocycles. The van der Waals surface area contributed by atoms with Gasteiger partial charge in [-0.15, -0.1) is 15.3 Å². The van der Waals surface area contributed by atoms with E-state index in [2.05, 4.69) is 43.6 Å². The van der Waals surface area contributed by atoms with Gasteiger partial charge in [0.05, 0.1) is 5.69 Å². The van der Waals surface area contributed by atoms with Gasteiger partial charge in [-0.25, -0.2) is 4.98 Å². The second-order valence-corrected chi connectivity index (χ2v) is 8.34. The number of fused-ring (bicyclic) bond motifs is 1. The van der Waals surface area contributed by atoms with Gasteiger partial charge in [0.15, 0.2) is 11.5 Å². The molecule has 1 aliphatic rings. The number of hydrogen-bond donors (Lipinski definition) is 1. The van der Waals surface area contributed by atoms with Crippen LogP contribution in [0.3, 0.4) is 0 Å². The topological polar surface area (TPSA) is 96.5 Å². The van der Waals surface area contributed by atoms with E-state index in [0.717, 1.165) is 28.0 Å². The molecule has 0 radical (unpaired) electrons. The molecule has 0 bridgehead atoms. The van der Waals surface area contributed by atoms with E-state index in [1.165, 1.54) is 55.4 Å². The SMILES string of the molecule is CSc1nsc(N=Nc2c(C3CCCCC3)[nH]n3nc(C(C)C)nc23)n1. The minimum absolute atomic E-state index is 0.263. The highest BCUT2D eigenvalue weighted by molar-refractivity contribution is 7.98. The van der Waals surface area contributed by atoms with Crippen LogP contribution in [0.25, 0.3) is 5.65 Å². The summed E-state index contributed by atoms with van der Waals surface area (Å²) in [7, 11) is 0. The molecular weight excluding hydrogens is 368 g/mol. The highest BCUT2D eigenvalue weighted by Gasteiger charge is 2.25. The molecule has 3 aromatic heterocycles. The average Bonchev–Trinajstić information content (AvgIpc) is 3.35. The molecule has 0 aliphatic heterocycles. The summed E-state index contributed by atoms with van der Waals surface area (Å²) in [6, 6.07) is 0. The zero-order valence-corrected chi connectivity index (χ0v) is 16.8. The molecule has 0 atom stereocenters. The van der Waals surface area contributed by atoms with Crippen LogP contribution in [0.2, 0.25) is 0 Å². The van der Waals surface area contributed by atoms with E-state index in [-0.39, 0.29) is 5.92 Å². The first kappa shape index (κ1) is 17.6. The summed E-state index contributed by atoms with van der Waals surface area (Å²) in [5.41, 5.74) is 2.62. The number of H-pyrrole nitrogens is 1. The van der Waals surface area contributed by atoms with Crippen LogP contribution in [0.1, 0.15) is 69.3 Å². The van der Waals surface area contributed by atoms with E-state index in [1.807, 2.05) is 6.26 Å². The lowest BCUT2D eigenvalue weighted by atomic mass is 9.86. The van der Waals surface area contributed by atoms with Crippen molar-refractivity contribution in [2.45, 2.75) is 62.9 Å². The third-order valence-corrected chi connectivity index (χ3v) is 5.93. The highest BCUT2D eigenvalue weighted by atomic mass is 32.2. The van der Waals surface area contributed by atoms with E-state index in [9.17, 15) is 0 Å². The van der Waals surface area contributed by atoms with Crippen LogP contribution in [0.15, 0.2) is 15.4 Å². The molecule has 3 heterocycles. The summed E-state index contributed by atoms with van der Waals surface area (Å²) >= 11 is 2.76. The summed E-state index contributed by atoms with van der Waals surface area (Å²) in [6.45, 7) is 4.17. The Morgan fingerprint density at radius 3 is 2.69 bits per heavy atom. The minimum Gasteiger partial charge on any atom is -0.278 e. The van der Waals surface area contributed by atoms with E-state index in [1.54, 1.807) is 4.63 Å². The molecule has 0 aromatic carbocycles. The van der Waals surface area contributed by atoms with Crippen LogP contribution < -0.4 is 0 Å². The van der Waals surface area contributed by atoms with Crippen LogP contribution in [-0.2, 0) is 0 Å². The Balaban J connectivity index is 1.74. The summed E-state index contributed by atoms with van der Waals surface area (Å²) in [5, 5.41) is 18.1. The molecule has 1 N–H and O–H groups in total. The van der Waals surface area contributed by atoms with Gasteiger partial charge in [0, 0.05) is 23.4 Å². The van der Waals surface area contributed by atoms with Crippen LogP contribution in [-0.4, -0.2) is 35.4 Å². The van der Waals surface area contributed by atoms with E-state index < -0.39 is 0 Å². The number of aromatic amines is 1. The molecule has 8 nitrogen and oxygen atoms in total. The molecule has 1 saturated carbocycles. The van der Waals surface area contributed by atoms with Gasteiger partial charge in [0.2, 0.25) is 15.9 Å². The summed E-state index contributed by atoms with van der Waals surface area (Å²) in [4.78, 5) is 9.03. The number of aromatic nitrogens is 6. The lowest BCUT2D eigenvalue weighted by Crippen LogP contribution is -2.06. The third kappa shape index (κ3) is 3.39. The van der Waals surface area contributed by atoms with Crippen LogP contribution in [0.4, 0.5) is 10.8 Å². The van der Waals surface area contributed by atoms with Gasteiger partial charge in [0.25, 0.3) is 0 Å². The number of thioether (sulfide) groups is 1. The minimum atomic E-state index is 0.263. The molecule has 3 aromatic rings. The Morgan fingerprint density at radius 1 is 1.19 bits per heavy atom. The molecular formula is C16H22N8S2. The zero-order valence-electron chi connectivity index (χ0n) is 15.1. The Bertz CT molecular complexity index is 916. The first-order valence-corrected chi connectivity index (χ1v) is 10.9. The number of hydrogen-bond acceptors (Lipinski definition) is 8. The fraction of sp³-hybridized carbons (Fsp3) is 0.625. The Labute approximate surface area is 160 Å².